The summed E-state index contributed by atoms with van der Waals surface area (Å²) in [7, 11) is 2.05. The second-order valence-electron chi connectivity index (χ2n) is 5.88. The highest BCUT2D eigenvalue weighted by molar-refractivity contribution is 5.35. The summed E-state index contributed by atoms with van der Waals surface area (Å²) in [6.07, 6.45) is 10.5. The monoisotopic (exact) mass is 288 g/mol. The third-order valence-corrected chi connectivity index (χ3v) is 4.29. The van der Waals surface area contributed by atoms with Gasteiger partial charge in [0.15, 0.2) is 5.82 Å². The van der Waals surface area contributed by atoms with Crippen molar-refractivity contribution in [2.45, 2.75) is 31.4 Å². The lowest BCUT2D eigenvalue weighted by Gasteiger charge is -2.39. The molecular formula is C16H24N4O. The zero-order valence-corrected chi connectivity index (χ0v) is 12.7. The van der Waals surface area contributed by atoms with E-state index < -0.39 is 0 Å². The third-order valence-electron chi connectivity index (χ3n) is 4.29. The van der Waals surface area contributed by atoms with E-state index in [4.69, 9.17) is 4.74 Å². The minimum Gasteiger partial charge on any atom is -0.374 e. The maximum atomic E-state index is 5.94. The molecule has 0 amide bonds. The van der Waals surface area contributed by atoms with E-state index in [2.05, 4.69) is 32.1 Å². The van der Waals surface area contributed by atoms with Gasteiger partial charge in [0, 0.05) is 38.9 Å². The van der Waals surface area contributed by atoms with Crippen LogP contribution in [0.15, 0.2) is 30.5 Å². The van der Waals surface area contributed by atoms with Crippen molar-refractivity contribution in [2.24, 2.45) is 0 Å². The highest BCUT2D eigenvalue weighted by Crippen LogP contribution is 2.20. The van der Waals surface area contributed by atoms with Crippen LogP contribution in [-0.2, 0) is 4.74 Å². The van der Waals surface area contributed by atoms with Crippen LogP contribution in [0.25, 0.3) is 0 Å². The van der Waals surface area contributed by atoms with E-state index in [9.17, 15) is 0 Å². The van der Waals surface area contributed by atoms with Gasteiger partial charge in [0.1, 0.15) is 0 Å². The van der Waals surface area contributed by atoms with Crippen molar-refractivity contribution in [3.05, 3.63) is 30.5 Å². The zero-order valence-electron chi connectivity index (χ0n) is 12.7. The van der Waals surface area contributed by atoms with Crippen LogP contribution in [0.5, 0.6) is 0 Å². The molecule has 0 saturated carbocycles. The van der Waals surface area contributed by atoms with Gasteiger partial charge in [0.2, 0.25) is 0 Å². The van der Waals surface area contributed by atoms with Crippen molar-refractivity contribution in [3.8, 4) is 0 Å². The Morgan fingerprint density at radius 2 is 2.43 bits per heavy atom. The number of allylic oxidation sites excluding steroid dienone is 1. The van der Waals surface area contributed by atoms with Crippen LogP contribution in [-0.4, -0.2) is 60.5 Å². The minimum absolute atomic E-state index is 0.237. The van der Waals surface area contributed by atoms with Gasteiger partial charge in [0.05, 0.1) is 12.7 Å². The molecule has 2 atom stereocenters. The Morgan fingerprint density at radius 3 is 3.19 bits per heavy atom. The minimum atomic E-state index is 0.237. The van der Waals surface area contributed by atoms with Gasteiger partial charge in [-0.05, 0) is 31.4 Å². The highest BCUT2D eigenvalue weighted by Gasteiger charge is 2.26. The standard InChI is InChI=1S/C16H24N4O/c1-19(16-8-5-9-17-18-16)12-15-13-20(10-11-21-15)14-6-3-2-4-7-14/h3,5-6,8-9,14-15H,2,4,7,10-13H2,1H3. The zero-order chi connectivity index (χ0) is 14.5. The lowest BCUT2D eigenvalue weighted by Crippen LogP contribution is -2.50. The van der Waals surface area contributed by atoms with Gasteiger partial charge in [-0.3, -0.25) is 4.90 Å². The van der Waals surface area contributed by atoms with Gasteiger partial charge >= 0.3 is 0 Å². The maximum Gasteiger partial charge on any atom is 0.151 e. The number of hydrogen-bond donors (Lipinski definition) is 0. The van der Waals surface area contributed by atoms with Crippen LogP contribution in [0.1, 0.15) is 19.3 Å². The number of likely N-dealkylation sites (N-methyl/N-ethyl adjacent to an activating group) is 1. The molecule has 1 aliphatic carbocycles. The number of hydrogen-bond acceptors (Lipinski definition) is 5. The van der Waals surface area contributed by atoms with E-state index in [-0.39, 0.29) is 6.10 Å². The van der Waals surface area contributed by atoms with Crippen LogP contribution >= 0.6 is 0 Å². The molecule has 114 valence electrons. The summed E-state index contributed by atoms with van der Waals surface area (Å²) in [6, 6.07) is 4.50. The van der Waals surface area contributed by atoms with E-state index in [1.807, 2.05) is 19.2 Å². The molecule has 21 heavy (non-hydrogen) atoms. The SMILES string of the molecule is CN(CC1CN(C2C=CCCC2)CCO1)c1cccnn1. The van der Waals surface area contributed by atoms with Crippen LogP contribution in [0.3, 0.4) is 0 Å². The van der Waals surface area contributed by atoms with Gasteiger partial charge in [-0.15, -0.1) is 5.10 Å². The van der Waals surface area contributed by atoms with Crippen LogP contribution in [0.2, 0.25) is 0 Å². The average molecular weight is 288 g/mol. The van der Waals surface area contributed by atoms with E-state index >= 15 is 0 Å². The summed E-state index contributed by atoms with van der Waals surface area (Å²) >= 11 is 0. The van der Waals surface area contributed by atoms with Gasteiger partial charge < -0.3 is 9.64 Å². The van der Waals surface area contributed by atoms with Gasteiger partial charge in [0.25, 0.3) is 0 Å². The topological polar surface area (TPSA) is 41.5 Å². The molecule has 0 aromatic carbocycles. The predicted octanol–water partition coefficient (Wildman–Crippen LogP) is 1.72. The smallest absolute Gasteiger partial charge is 0.151 e. The molecule has 1 saturated heterocycles. The van der Waals surface area contributed by atoms with E-state index in [1.54, 1.807) is 6.20 Å². The maximum absolute atomic E-state index is 5.94. The molecule has 0 radical (unpaired) electrons. The third kappa shape index (κ3) is 3.80. The Morgan fingerprint density at radius 1 is 1.48 bits per heavy atom. The predicted molar refractivity (Wildman–Crippen MR) is 83.4 cm³/mol. The molecule has 5 heteroatoms. The van der Waals surface area contributed by atoms with Crippen molar-refractivity contribution in [2.75, 3.05) is 38.2 Å². The first-order chi connectivity index (χ1) is 10.3. The summed E-state index contributed by atoms with van der Waals surface area (Å²) in [5.74, 6) is 0.899. The Labute approximate surface area is 126 Å². The fourth-order valence-corrected chi connectivity index (χ4v) is 3.15. The summed E-state index contributed by atoms with van der Waals surface area (Å²) in [5.41, 5.74) is 0. The van der Waals surface area contributed by atoms with Crippen molar-refractivity contribution < 1.29 is 4.74 Å². The van der Waals surface area contributed by atoms with Crippen LogP contribution in [0, 0.1) is 0 Å². The molecule has 2 aliphatic rings. The number of nitrogens with zero attached hydrogens (tertiary/aromatic N) is 4. The molecule has 3 rings (SSSR count). The summed E-state index contributed by atoms with van der Waals surface area (Å²) in [4.78, 5) is 4.69. The molecule has 0 bridgehead atoms. The van der Waals surface area contributed by atoms with Gasteiger partial charge in [-0.25, -0.2) is 0 Å². The highest BCUT2D eigenvalue weighted by atomic mass is 16.5. The molecule has 1 fully saturated rings. The van der Waals surface area contributed by atoms with Crippen molar-refractivity contribution in [1.82, 2.24) is 15.1 Å². The first kappa shape index (κ1) is 14.5. The normalized spacial score (nSPS) is 26.7. The molecule has 5 nitrogen and oxygen atoms in total. The Balaban J connectivity index is 1.56. The summed E-state index contributed by atoms with van der Waals surface area (Å²) in [5, 5.41) is 8.08. The molecule has 1 aromatic heterocycles. The van der Waals surface area contributed by atoms with Crippen molar-refractivity contribution >= 4 is 5.82 Å². The lowest BCUT2D eigenvalue weighted by molar-refractivity contribution is -0.0340. The molecule has 1 aliphatic heterocycles. The number of ether oxygens (including phenoxy) is 1. The van der Waals surface area contributed by atoms with Crippen molar-refractivity contribution in [1.29, 1.82) is 0 Å². The molecule has 0 N–H and O–H groups in total. The lowest BCUT2D eigenvalue weighted by atomic mass is 10.0. The van der Waals surface area contributed by atoms with Crippen LogP contribution < -0.4 is 4.90 Å². The van der Waals surface area contributed by atoms with E-state index in [1.165, 1.54) is 19.3 Å². The molecule has 1 aromatic rings. The molecule has 2 heterocycles. The Kier molecular flexibility index (Phi) is 4.83. The number of rotatable bonds is 4. The van der Waals surface area contributed by atoms with Crippen molar-refractivity contribution in [3.63, 3.8) is 0 Å². The second kappa shape index (κ2) is 7.00. The number of anilines is 1. The summed E-state index contributed by atoms with van der Waals surface area (Å²) < 4.78 is 5.94. The fraction of sp³-hybridized carbons (Fsp3) is 0.625. The van der Waals surface area contributed by atoms with Gasteiger partial charge in [-0.2, -0.15) is 5.10 Å². The van der Waals surface area contributed by atoms with Gasteiger partial charge in [-0.1, -0.05) is 12.2 Å². The summed E-state index contributed by atoms with van der Waals surface area (Å²) in [6.45, 7) is 3.72. The Hall–Kier alpha value is -1.46. The number of morpholine rings is 1. The Bertz CT molecular complexity index is 465. The molecular weight excluding hydrogens is 264 g/mol. The quantitative estimate of drug-likeness (QED) is 0.789. The molecule has 0 spiro atoms. The average Bonchev–Trinajstić information content (AvgIpc) is 2.57. The number of aromatic nitrogens is 2. The first-order valence-electron chi connectivity index (χ1n) is 7.84. The van der Waals surface area contributed by atoms with E-state index in [0.29, 0.717) is 6.04 Å². The first-order valence-corrected chi connectivity index (χ1v) is 7.84. The largest absolute Gasteiger partial charge is 0.374 e. The second-order valence-corrected chi connectivity index (χ2v) is 5.88. The molecule has 2 unspecified atom stereocenters. The van der Waals surface area contributed by atoms with E-state index in [0.717, 1.165) is 32.1 Å². The fourth-order valence-electron chi connectivity index (χ4n) is 3.15. The van der Waals surface area contributed by atoms with Crippen LogP contribution in [0.4, 0.5) is 5.82 Å².